The van der Waals surface area contributed by atoms with Crippen LogP contribution in [0.25, 0.3) is 11.3 Å². The molecule has 1 fully saturated rings. The number of fused-ring (bicyclic) bond motifs is 4. The number of para-hydroxylation sites is 2. The van der Waals surface area contributed by atoms with Crippen molar-refractivity contribution in [1.82, 2.24) is 9.55 Å². The van der Waals surface area contributed by atoms with Crippen LogP contribution in [0.1, 0.15) is 56.6 Å². The summed E-state index contributed by atoms with van der Waals surface area (Å²) in [4.78, 5) is 32.1. The van der Waals surface area contributed by atoms with Gasteiger partial charge in [-0.3, -0.25) is 14.2 Å². The zero-order valence-electron chi connectivity index (χ0n) is 21.0. The number of amides is 1. The summed E-state index contributed by atoms with van der Waals surface area (Å²) >= 11 is 1.32. The molecule has 3 aromatic rings. The van der Waals surface area contributed by atoms with Crippen molar-refractivity contribution in [2.75, 3.05) is 18.2 Å². The van der Waals surface area contributed by atoms with Crippen molar-refractivity contribution < 1.29 is 9.53 Å². The summed E-state index contributed by atoms with van der Waals surface area (Å²) in [5.41, 5.74) is 4.63. The summed E-state index contributed by atoms with van der Waals surface area (Å²) in [7, 11) is 1.58. The SMILES string of the molecule is CCCn1c(SCC(=O)Nc2ccccc2OC)nc2c(c1=O)C1(CCCCC1)Cc1ccccc1-2. The smallest absolute Gasteiger partial charge is 0.258 e. The Bertz CT molecular complexity index is 1330. The first-order valence-electron chi connectivity index (χ1n) is 12.9. The van der Waals surface area contributed by atoms with Crippen LogP contribution in [0, 0.1) is 0 Å². The fraction of sp³-hybridized carbons (Fsp3) is 0.414. The van der Waals surface area contributed by atoms with E-state index in [2.05, 4.69) is 30.4 Å². The van der Waals surface area contributed by atoms with E-state index in [1.54, 1.807) is 7.11 Å². The number of benzene rings is 2. The molecule has 188 valence electrons. The van der Waals surface area contributed by atoms with E-state index in [9.17, 15) is 9.59 Å². The molecule has 0 radical (unpaired) electrons. The first-order chi connectivity index (χ1) is 17.6. The van der Waals surface area contributed by atoms with Crippen LogP contribution in [0.3, 0.4) is 0 Å². The second-order valence-corrected chi connectivity index (χ2v) is 10.7. The third-order valence-electron chi connectivity index (χ3n) is 7.44. The summed E-state index contributed by atoms with van der Waals surface area (Å²) in [6.07, 6.45) is 7.32. The Labute approximate surface area is 216 Å². The number of hydrogen-bond acceptors (Lipinski definition) is 5. The number of aromatic nitrogens is 2. The van der Waals surface area contributed by atoms with Crippen LogP contribution in [0.2, 0.25) is 0 Å². The van der Waals surface area contributed by atoms with Crippen LogP contribution in [-0.2, 0) is 23.2 Å². The van der Waals surface area contributed by atoms with Crippen molar-refractivity contribution in [3.8, 4) is 17.0 Å². The zero-order chi connectivity index (χ0) is 25.1. The van der Waals surface area contributed by atoms with Crippen LogP contribution in [0.5, 0.6) is 5.75 Å². The van der Waals surface area contributed by atoms with Crippen LogP contribution in [0.4, 0.5) is 5.69 Å². The fourth-order valence-electron chi connectivity index (χ4n) is 5.82. The summed E-state index contributed by atoms with van der Waals surface area (Å²) in [5.74, 6) is 0.600. The molecule has 7 heteroatoms. The normalized spacial score (nSPS) is 15.7. The fourth-order valence-corrected chi connectivity index (χ4v) is 6.64. The van der Waals surface area contributed by atoms with Crippen molar-refractivity contribution in [3.63, 3.8) is 0 Å². The second kappa shape index (κ2) is 10.5. The van der Waals surface area contributed by atoms with Gasteiger partial charge < -0.3 is 10.1 Å². The highest BCUT2D eigenvalue weighted by molar-refractivity contribution is 7.99. The number of carbonyl (C=O) groups excluding carboxylic acids is 1. The van der Waals surface area contributed by atoms with Crippen LogP contribution in [0.15, 0.2) is 58.5 Å². The summed E-state index contributed by atoms with van der Waals surface area (Å²) in [5, 5.41) is 3.53. The number of ether oxygens (including phenoxy) is 1. The molecule has 6 nitrogen and oxygen atoms in total. The highest BCUT2D eigenvalue weighted by Crippen LogP contribution is 2.48. The summed E-state index contributed by atoms with van der Waals surface area (Å²) in [6, 6.07) is 15.7. The van der Waals surface area contributed by atoms with Crippen LogP contribution >= 0.6 is 11.8 Å². The van der Waals surface area contributed by atoms with E-state index < -0.39 is 0 Å². The van der Waals surface area contributed by atoms with Gasteiger partial charge in [-0.15, -0.1) is 0 Å². The van der Waals surface area contributed by atoms with Gasteiger partial charge in [-0.05, 0) is 43.4 Å². The molecule has 2 aliphatic carbocycles. The number of nitrogens with zero attached hydrogens (tertiary/aromatic N) is 2. The van der Waals surface area contributed by atoms with E-state index >= 15 is 0 Å². The Balaban J connectivity index is 1.52. The molecule has 0 bridgehead atoms. The first kappa shape index (κ1) is 24.6. The minimum atomic E-state index is -0.163. The lowest BCUT2D eigenvalue weighted by molar-refractivity contribution is -0.113. The van der Waals surface area contributed by atoms with Gasteiger partial charge in [0, 0.05) is 17.5 Å². The standard InChI is InChI=1S/C29H33N3O3S/c1-3-17-32-27(34)25-26(21-12-6-5-11-20(21)18-29(25)15-9-4-10-16-29)31-28(32)36-19-24(33)30-22-13-7-8-14-23(22)35-2/h5-8,11-14H,3-4,9-10,15-19H2,1-2H3,(H,30,33). The van der Waals surface area contributed by atoms with Gasteiger partial charge in [0.2, 0.25) is 5.91 Å². The molecule has 0 atom stereocenters. The van der Waals surface area contributed by atoms with Crippen molar-refractivity contribution in [2.24, 2.45) is 0 Å². The Morgan fingerprint density at radius 2 is 1.86 bits per heavy atom. The van der Waals surface area contributed by atoms with Gasteiger partial charge in [-0.2, -0.15) is 0 Å². The van der Waals surface area contributed by atoms with E-state index in [1.807, 2.05) is 34.9 Å². The third-order valence-corrected chi connectivity index (χ3v) is 8.41. The number of rotatable bonds is 7. The molecule has 1 N–H and O–H groups in total. The minimum absolute atomic E-state index is 0.0749. The molecule has 0 unspecified atom stereocenters. The molecule has 36 heavy (non-hydrogen) atoms. The average Bonchev–Trinajstić information content (AvgIpc) is 2.90. The number of carbonyl (C=O) groups is 1. The van der Waals surface area contributed by atoms with Gasteiger partial charge in [-0.25, -0.2) is 4.98 Å². The van der Waals surface area contributed by atoms with Crippen molar-refractivity contribution in [3.05, 3.63) is 70.0 Å². The van der Waals surface area contributed by atoms with E-state index in [0.717, 1.165) is 55.3 Å². The molecule has 1 heterocycles. The Morgan fingerprint density at radius 3 is 2.64 bits per heavy atom. The van der Waals surface area contributed by atoms with E-state index in [-0.39, 0.29) is 22.6 Å². The minimum Gasteiger partial charge on any atom is -0.495 e. The third kappa shape index (κ3) is 4.57. The second-order valence-electron chi connectivity index (χ2n) is 9.79. The predicted octanol–water partition coefficient (Wildman–Crippen LogP) is 5.82. The molecule has 5 rings (SSSR count). The topological polar surface area (TPSA) is 73.2 Å². The highest BCUT2D eigenvalue weighted by Gasteiger charge is 2.43. The van der Waals surface area contributed by atoms with E-state index in [0.29, 0.717) is 23.1 Å². The van der Waals surface area contributed by atoms with E-state index in [4.69, 9.17) is 9.72 Å². The monoisotopic (exact) mass is 503 g/mol. The van der Waals surface area contributed by atoms with Crippen molar-refractivity contribution in [2.45, 2.75) is 69.0 Å². The van der Waals surface area contributed by atoms with Gasteiger partial charge in [0.1, 0.15) is 5.75 Å². The highest BCUT2D eigenvalue weighted by atomic mass is 32.2. The van der Waals surface area contributed by atoms with Crippen LogP contribution in [-0.4, -0.2) is 28.3 Å². The zero-order valence-corrected chi connectivity index (χ0v) is 21.8. The molecule has 1 spiro atoms. The molecule has 2 aromatic carbocycles. The molecule has 2 aliphatic rings. The van der Waals surface area contributed by atoms with Crippen molar-refractivity contribution in [1.29, 1.82) is 0 Å². The largest absolute Gasteiger partial charge is 0.495 e. The molecular formula is C29H33N3O3S. The first-order valence-corrected chi connectivity index (χ1v) is 13.8. The number of nitrogens with one attached hydrogen (secondary N) is 1. The molecule has 1 saturated carbocycles. The van der Waals surface area contributed by atoms with Gasteiger partial charge >= 0.3 is 0 Å². The lowest BCUT2D eigenvalue weighted by atomic mass is 9.62. The molecule has 1 aromatic heterocycles. The molecular weight excluding hydrogens is 470 g/mol. The van der Waals surface area contributed by atoms with Gasteiger partial charge in [0.25, 0.3) is 5.56 Å². The molecule has 0 saturated heterocycles. The Hall–Kier alpha value is -3.06. The summed E-state index contributed by atoms with van der Waals surface area (Å²) in [6.45, 7) is 2.66. The maximum atomic E-state index is 14.1. The number of hydrogen-bond donors (Lipinski definition) is 1. The molecule has 0 aliphatic heterocycles. The maximum Gasteiger partial charge on any atom is 0.258 e. The Morgan fingerprint density at radius 1 is 1.11 bits per heavy atom. The van der Waals surface area contributed by atoms with Gasteiger partial charge in [-0.1, -0.05) is 74.3 Å². The molecule has 1 amide bonds. The Kier molecular flexibility index (Phi) is 7.19. The quantitative estimate of drug-likeness (QED) is 0.325. The number of thioether (sulfide) groups is 1. The van der Waals surface area contributed by atoms with Gasteiger partial charge in [0.15, 0.2) is 5.16 Å². The maximum absolute atomic E-state index is 14.1. The lowest BCUT2D eigenvalue weighted by Gasteiger charge is -2.42. The van der Waals surface area contributed by atoms with Crippen LogP contribution < -0.4 is 15.6 Å². The average molecular weight is 504 g/mol. The van der Waals surface area contributed by atoms with Crippen molar-refractivity contribution >= 4 is 23.4 Å². The van der Waals surface area contributed by atoms with E-state index in [1.165, 1.54) is 23.7 Å². The summed E-state index contributed by atoms with van der Waals surface area (Å²) < 4.78 is 7.16. The number of methoxy groups -OCH3 is 1. The number of anilines is 1. The van der Waals surface area contributed by atoms with Gasteiger partial charge in [0.05, 0.1) is 29.8 Å². The lowest BCUT2D eigenvalue weighted by Crippen LogP contribution is -2.43. The predicted molar refractivity (Wildman–Crippen MR) is 145 cm³/mol.